The number of esters is 2. The second kappa shape index (κ2) is 6.66. The molecule has 2 aliphatic rings. The summed E-state index contributed by atoms with van der Waals surface area (Å²) < 4.78 is 15.0. The first-order chi connectivity index (χ1) is 11.2. The summed E-state index contributed by atoms with van der Waals surface area (Å²) in [5.41, 5.74) is -0.671. The molecule has 2 heterocycles. The number of hydrogen-bond donors (Lipinski definition) is 0. The molecule has 0 bridgehead atoms. The molecule has 1 amide bonds. The van der Waals surface area contributed by atoms with Crippen molar-refractivity contribution in [3.8, 4) is 0 Å². The van der Waals surface area contributed by atoms with Gasteiger partial charge in [-0.3, -0.25) is 4.90 Å². The number of likely N-dealkylation sites (tertiary alicyclic amines) is 1. The molecule has 0 spiro atoms. The van der Waals surface area contributed by atoms with Crippen molar-refractivity contribution in [1.82, 2.24) is 4.90 Å². The number of carbonyl (C=O) groups is 3. The minimum Gasteiger partial charge on any atom is -0.467 e. The van der Waals surface area contributed by atoms with E-state index in [1.807, 2.05) is 0 Å². The Morgan fingerprint density at radius 2 is 2.00 bits per heavy atom. The number of carbonyl (C=O) groups excluding carboxylic acids is 3. The molecular weight excluding hydrogens is 320 g/mol. The Balaban J connectivity index is 2.23. The molecule has 2 rings (SSSR count). The van der Waals surface area contributed by atoms with Gasteiger partial charge in [0.1, 0.15) is 5.60 Å². The number of fused-ring (bicyclic) bond motifs is 1. The first-order valence-corrected chi connectivity index (χ1v) is 7.68. The van der Waals surface area contributed by atoms with E-state index < -0.39 is 41.7 Å². The van der Waals surface area contributed by atoms with Gasteiger partial charge in [0, 0.05) is 6.54 Å². The zero-order valence-electron chi connectivity index (χ0n) is 14.4. The van der Waals surface area contributed by atoms with Crippen LogP contribution in [0.15, 0.2) is 5.16 Å². The normalized spacial score (nSPS) is 25.5. The molecule has 0 aliphatic carbocycles. The molecule has 0 saturated carbocycles. The van der Waals surface area contributed by atoms with E-state index in [4.69, 9.17) is 19.0 Å². The van der Waals surface area contributed by atoms with Crippen LogP contribution < -0.4 is 0 Å². The van der Waals surface area contributed by atoms with Crippen molar-refractivity contribution in [2.45, 2.75) is 45.4 Å². The summed E-state index contributed by atoms with van der Waals surface area (Å²) in [7, 11) is 1.21. The number of oxime groups is 1. The van der Waals surface area contributed by atoms with Crippen LogP contribution in [0.5, 0.6) is 0 Å². The molecule has 134 valence electrons. The van der Waals surface area contributed by atoms with Gasteiger partial charge in [-0.25, -0.2) is 14.4 Å². The van der Waals surface area contributed by atoms with Crippen molar-refractivity contribution >= 4 is 23.7 Å². The Morgan fingerprint density at radius 1 is 1.33 bits per heavy atom. The van der Waals surface area contributed by atoms with Crippen LogP contribution in [0, 0.1) is 5.92 Å². The quantitative estimate of drug-likeness (QED) is 0.549. The van der Waals surface area contributed by atoms with Crippen LogP contribution in [-0.4, -0.2) is 66.7 Å². The van der Waals surface area contributed by atoms with Crippen LogP contribution in [0.25, 0.3) is 0 Å². The molecule has 9 nitrogen and oxygen atoms in total. The van der Waals surface area contributed by atoms with Gasteiger partial charge in [0.05, 0.1) is 19.6 Å². The van der Waals surface area contributed by atoms with E-state index in [1.54, 1.807) is 27.7 Å². The monoisotopic (exact) mass is 342 g/mol. The van der Waals surface area contributed by atoms with Crippen molar-refractivity contribution in [3.05, 3.63) is 0 Å². The molecule has 2 aliphatic heterocycles. The summed E-state index contributed by atoms with van der Waals surface area (Å²) in [6, 6.07) is -1.04. The summed E-state index contributed by atoms with van der Waals surface area (Å²) in [5, 5.41) is 3.73. The number of amides is 1. The largest absolute Gasteiger partial charge is 0.467 e. The number of ether oxygens (including phenoxy) is 3. The highest BCUT2D eigenvalue weighted by atomic mass is 16.7. The SMILES string of the molecule is CCOC(=O)C1=NO[C@H]2[C@@H]1CN(C(=O)OC(C)(C)C)[C@@H]2C(=O)OC. The van der Waals surface area contributed by atoms with Gasteiger partial charge in [0.15, 0.2) is 17.9 Å². The highest BCUT2D eigenvalue weighted by Crippen LogP contribution is 2.34. The van der Waals surface area contributed by atoms with Crippen molar-refractivity contribution in [2.24, 2.45) is 11.1 Å². The lowest BCUT2D eigenvalue weighted by atomic mass is 9.97. The second-order valence-electron chi connectivity index (χ2n) is 6.47. The topological polar surface area (TPSA) is 104 Å². The third-order valence-electron chi connectivity index (χ3n) is 3.62. The van der Waals surface area contributed by atoms with Crippen molar-refractivity contribution in [3.63, 3.8) is 0 Å². The molecule has 24 heavy (non-hydrogen) atoms. The molecule has 0 aromatic heterocycles. The van der Waals surface area contributed by atoms with Crippen LogP contribution >= 0.6 is 0 Å². The van der Waals surface area contributed by atoms with Gasteiger partial charge in [0.25, 0.3) is 0 Å². The highest BCUT2D eigenvalue weighted by Gasteiger charge is 2.57. The fourth-order valence-electron chi connectivity index (χ4n) is 2.67. The molecule has 1 saturated heterocycles. The van der Waals surface area contributed by atoms with Gasteiger partial charge in [-0.2, -0.15) is 0 Å². The maximum Gasteiger partial charge on any atom is 0.411 e. The van der Waals surface area contributed by atoms with Gasteiger partial charge in [-0.1, -0.05) is 5.16 Å². The van der Waals surface area contributed by atoms with E-state index in [0.29, 0.717) is 0 Å². The lowest BCUT2D eigenvalue weighted by molar-refractivity contribution is -0.149. The minimum atomic E-state index is -1.04. The van der Waals surface area contributed by atoms with Crippen LogP contribution in [0.4, 0.5) is 4.79 Å². The average molecular weight is 342 g/mol. The standard InChI is InChI=1S/C15H22N2O7/c1-6-22-12(18)9-8-7-17(14(20)23-15(2,3)4)10(13(19)21-5)11(8)24-16-9/h8,10-11H,6-7H2,1-5H3/t8-,10+,11+/m1/s1. The Kier molecular flexibility index (Phi) is 5.00. The van der Waals surface area contributed by atoms with E-state index in [9.17, 15) is 14.4 Å². The van der Waals surface area contributed by atoms with Crippen molar-refractivity contribution in [1.29, 1.82) is 0 Å². The molecule has 0 aromatic carbocycles. The zero-order chi connectivity index (χ0) is 18.1. The van der Waals surface area contributed by atoms with Crippen LogP contribution in [0.2, 0.25) is 0 Å². The lowest BCUT2D eigenvalue weighted by Crippen LogP contribution is -2.47. The van der Waals surface area contributed by atoms with E-state index in [2.05, 4.69) is 5.16 Å². The first-order valence-electron chi connectivity index (χ1n) is 7.68. The van der Waals surface area contributed by atoms with E-state index in [1.165, 1.54) is 12.0 Å². The Bertz CT molecular complexity index is 567. The second-order valence-corrected chi connectivity index (χ2v) is 6.47. The zero-order valence-corrected chi connectivity index (χ0v) is 14.4. The highest BCUT2D eigenvalue weighted by molar-refractivity contribution is 6.38. The third kappa shape index (κ3) is 3.44. The number of nitrogens with zero attached hydrogens (tertiary/aromatic N) is 2. The summed E-state index contributed by atoms with van der Waals surface area (Å²) in [5.74, 6) is -1.85. The van der Waals surface area contributed by atoms with Crippen LogP contribution in [-0.2, 0) is 28.6 Å². The smallest absolute Gasteiger partial charge is 0.411 e. The van der Waals surface area contributed by atoms with Gasteiger partial charge >= 0.3 is 18.0 Å². The van der Waals surface area contributed by atoms with Crippen molar-refractivity contribution in [2.75, 3.05) is 20.3 Å². The maximum atomic E-state index is 12.4. The summed E-state index contributed by atoms with van der Waals surface area (Å²) in [6.07, 6.45) is -1.48. The Labute approximate surface area is 139 Å². The molecule has 0 N–H and O–H groups in total. The molecular formula is C15H22N2O7. The fraction of sp³-hybridized carbons (Fsp3) is 0.733. The van der Waals surface area contributed by atoms with Gasteiger partial charge in [0.2, 0.25) is 0 Å². The van der Waals surface area contributed by atoms with Gasteiger partial charge < -0.3 is 19.0 Å². The van der Waals surface area contributed by atoms with E-state index in [-0.39, 0.29) is 18.9 Å². The number of hydrogen-bond acceptors (Lipinski definition) is 8. The maximum absolute atomic E-state index is 12.4. The molecule has 0 aromatic rings. The molecule has 1 fully saturated rings. The van der Waals surface area contributed by atoms with Gasteiger partial charge in [-0.15, -0.1) is 0 Å². The minimum absolute atomic E-state index is 0.0526. The predicted octanol–water partition coefficient (Wildman–Crippen LogP) is 0.713. The van der Waals surface area contributed by atoms with Crippen LogP contribution in [0.1, 0.15) is 27.7 Å². The first kappa shape index (κ1) is 18.0. The van der Waals surface area contributed by atoms with E-state index >= 15 is 0 Å². The van der Waals surface area contributed by atoms with Gasteiger partial charge in [-0.05, 0) is 27.7 Å². The number of methoxy groups -OCH3 is 1. The van der Waals surface area contributed by atoms with E-state index in [0.717, 1.165) is 0 Å². The Morgan fingerprint density at radius 3 is 2.54 bits per heavy atom. The summed E-state index contributed by atoms with van der Waals surface area (Å²) in [6.45, 7) is 7.07. The molecule has 9 heteroatoms. The lowest BCUT2D eigenvalue weighted by Gasteiger charge is -2.28. The molecule has 0 unspecified atom stereocenters. The van der Waals surface area contributed by atoms with Crippen molar-refractivity contribution < 1.29 is 33.4 Å². The fourth-order valence-corrected chi connectivity index (χ4v) is 2.67. The Hall–Kier alpha value is -2.32. The molecule has 3 atom stereocenters. The average Bonchev–Trinajstić information content (AvgIpc) is 3.03. The third-order valence-corrected chi connectivity index (χ3v) is 3.62. The van der Waals surface area contributed by atoms with Crippen LogP contribution in [0.3, 0.4) is 0 Å². The number of rotatable bonds is 3. The molecule has 0 radical (unpaired) electrons. The summed E-state index contributed by atoms with van der Waals surface area (Å²) >= 11 is 0. The predicted molar refractivity (Wildman–Crippen MR) is 81.2 cm³/mol. The summed E-state index contributed by atoms with van der Waals surface area (Å²) in [4.78, 5) is 42.9.